The molecule has 1 N–H and O–H groups in total. The van der Waals surface area contributed by atoms with Gasteiger partial charge in [0.1, 0.15) is 5.82 Å². The van der Waals surface area contributed by atoms with Crippen LogP contribution in [0.15, 0.2) is 24.4 Å². The molecular formula is C19H27N3. The molecule has 1 heterocycles. The number of rotatable bonds is 5. The highest BCUT2D eigenvalue weighted by molar-refractivity contribution is 6.02. The number of nitrogens with zero attached hydrogens (tertiary/aromatic N) is 2. The molecule has 1 fully saturated rings. The van der Waals surface area contributed by atoms with Gasteiger partial charge >= 0.3 is 0 Å². The average Bonchev–Trinajstić information content (AvgIpc) is 3.03. The number of aryl methyl sites for hydroxylation is 1. The van der Waals surface area contributed by atoms with Crippen LogP contribution in [0.3, 0.4) is 0 Å². The Bertz CT molecular complexity index is 640. The Kier molecular flexibility index (Phi) is 4.51. The zero-order valence-corrected chi connectivity index (χ0v) is 14.0. The van der Waals surface area contributed by atoms with Crippen molar-refractivity contribution in [2.24, 2.45) is 0 Å². The van der Waals surface area contributed by atoms with E-state index in [2.05, 4.69) is 49.2 Å². The van der Waals surface area contributed by atoms with E-state index < -0.39 is 0 Å². The van der Waals surface area contributed by atoms with Crippen LogP contribution in [0.2, 0.25) is 0 Å². The van der Waals surface area contributed by atoms with Gasteiger partial charge in [-0.15, -0.1) is 0 Å². The van der Waals surface area contributed by atoms with Crippen LogP contribution in [-0.4, -0.2) is 24.1 Å². The van der Waals surface area contributed by atoms with Crippen LogP contribution in [0, 0.1) is 6.92 Å². The van der Waals surface area contributed by atoms with Crippen LogP contribution in [0.5, 0.6) is 0 Å². The molecule has 0 atom stereocenters. The molecule has 0 unspecified atom stereocenters. The highest BCUT2D eigenvalue weighted by atomic mass is 15.2. The molecule has 0 aliphatic heterocycles. The van der Waals surface area contributed by atoms with Crippen LogP contribution in [0.4, 0.5) is 11.5 Å². The van der Waals surface area contributed by atoms with E-state index in [0.29, 0.717) is 6.04 Å². The van der Waals surface area contributed by atoms with Crippen molar-refractivity contribution in [1.82, 2.24) is 4.98 Å². The third-order valence-corrected chi connectivity index (χ3v) is 4.88. The second kappa shape index (κ2) is 6.55. The lowest BCUT2D eigenvalue weighted by molar-refractivity contribution is 0.755. The van der Waals surface area contributed by atoms with Crippen molar-refractivity contribution < 1.29 is 0 Å². The maximum atomic E-state index is 4.80. The number of hydrogen-bond donors (Lipinski definition) is 1. The van der Waals surface area contributed by atoms with Crippen molar-refractivity contribution in [1.29, 1.82) is 0 Å². The summed E-state index contributed by atoms with van der Waals surface area (Å²) in [6.07, 6.45) is 7.30. The first-order chi connectivity index (χ1) is 10.7. The molecule has 0 spiro atoms. The standard InChI is InChI=1S/C19H27N3/c1-4-22(5-2)19-16-12-8-9-14(3)18(16)17(13-20-19)21-15-10-6-7-11-15/h8-9,12-13,15,21H,4-7,10-11H2,1-3H3. The summed E-state index contributed by atoms with van der Waals surface area (Å²) in [5.41, 5.74) is 2.53. The number of hydrogen-bond acceptors (Lipinski definition) is 3. The molecule has 2 aromatic rings. The minimum atomic E-state index is 0.615. The van der Waals surface area contributed by atoms with E-state index in [4.69, 9.17) is 4.98 Å². The van der Waals surface area contributed by atoms with Gasteiger partial charge in [0, 0.05) is 29.9 Å². The summed E-state index contributed by atoms with van der Waals surface area (Å²) in [5, 5.41) is 6.36. The molecular weight excluding hydrogens is 270 g/mol. The first-order valence-corrected chi connectivity index (χ1v) is 8.64. The Balaban J connectivity index is 2.08. The van der Waals surface area contributed by atoms with Gasteiger partial charge in [0.15, 0.2) is 0 Å². The van der Waals surface area contributed by atoms with Gasteiger partial charge in [0.2, 0.25) is 0 Å². The molecule has 1 aliphatic carbocycles. The first kappa shape index (κ1) is 15.1. The number of aromatic nitrogens is 1. The van der Waals surface area contributed by atoms with Crippen molar-refractivity contribution >= 4 is 22.3 Å². The van der Waals surface area contributed by atoms with Crippen LogP contribution in [-0.2, 0) is 0 Å². The quantitative estimate of drug-likeness (QED) is 0.863. The fraction of sp³-hybridized carbons (Fsp3) is 0.526. The predicted molar refractivity (Wildman–Crippen MR) is 95.9 cm³/mol. The van der Waals surface area contributed by atoms with E-state index in [0.717, 1.165) is 18.9 Å². The van der Waals surface area contributed by atoms with Crippen LogP contribution in [0.25, 0.3) is 10.8 Å². The van der Waals surface area contributed by atoms with Crippen molar-refractivity contribution in [2.45, 2.75) is 52.5 Å². The van der Waals surface area contributed by atoms with Gasteiger partial charge in [-0.25, -0.2) is 4.98 Å². The van der Waals surface area contributed by atoms with E-state index >= 15 is 0 Å². The maximum Gasteiger partial charge on any atom is 0.136 e. The van der Waals surface area contributed by atoms with Crippen LogP contribution < -0.4 is 10.2 Å². The summed E-state index contributed by atoms with van der Waals surface area (Å²) >= 11 is 0. The SMILES string of the molecule is CCN(CC)c1ncc(NC2CCCC2)c2c(C)cccc12. The number of pyridine rings is 1. The lowest BCUT2D eigenvalue weighted by atomic mass is 10.0. The van der Waals surface area contributed by atoms with Gasteiger partial charge in [-0.05, 0) is 39.2 Å². The van der Waals surface area contributed by atoms with Gasteiger partial charge in [0.25, 0.3) is 0 Å². The highest BCUT2D eigenvalue weighted by Crippen LogP contribution is 2.34. The smallest absolute Gasteiger partial charge is 0.136 e. The maximum absolute atomic E-state index is 4.80. The third-order valence-electron chi connectivity index (χ3n) is 4.88. The summed E-state index contributed by atoms with van der Waals surface area (Å²) in [6, 6.07) is 7.17. The first-order valence-electron chi connectivity index (χ1n) is 8.64. The Hall–Kier alpha value is -1.77. The lowest BCUT2D eigenvalue weighted by Crippen LogP contribution is -2.23. The molecule has 0 radical (unpaired) electrons. The lowest BCUT2D eigenvalue weighted by Gasteiger charge is -2.24. The Morgan fingerprint density at radius 1 is 1.18 bits per heavy atom. The monoisotopic (exact) mass is 297 g/mol. The van der Waals surface area contributed by atoms with E-state index in [9.17, 15) is 0 Å². The molecule has 1 saturated carbocycles. The minimum absolute atomic E-state index is 0.615. The molecule has 22 heavy (non-hydrogen) atoms. The molecule has 1 aromatic carbocycles. The molecule has 3 rings (SSSR count). The summed E-state index contributed by atoms with van der Waals surface area (Å²) in [7, 11) is 0. The molecule has 3 nitrogen and oxygen atoms in total. The predicted octanol–water partition coefficient (Wildman–Crippen LogP) is 4.74. The van der Waals surface area contributed by atoms with Crippen molar-refractivity contribution in [3.63, 3.8) is 0 Å². The fourth-order valence-corrected chi connectivity index (χ4v) is 3.65. The minimum Gasteiger partial charge on any atom is -0.381 e. The Morgan fingerprint density at radius 3 is 2.59 bits per heavy atom. The van der Waals surface area contributed by atoms with Crippen molar-refractivity contribution in [3.8, 4) is 0 Å². The van der Waals surface area contributed by atoms with Gasteiger partial charge in [0.05, 0.1) is 11.9 Å². The molecule has 1 aliphatic rings. The number of nitrogens with one attached hydrogen (secondary N) is 1. The second-order valence-corrected chi connectivity index (χ2v) is 6.29. The summed E-state index contributed by atoms with van der Waals surface area (Å²) in [6.45, 7) is 8.56. The number of benzene rings is 1. The van der Waals surface area contributed by atoms with Gasteiger partial charge in [-0.3, -0.25) is 0 Å². The normalized spacial score (nSPS) is 15.4. The largest absolute Gasteiger partial charge is 0.381 e. The molecule has 118 valence electrons. The highest BCUT2D eigenvalue weighted by Gasteiger charge is 2.18. The molecule has 0 saturated heterocycles. The number of anilines is 2. The topological polar surface area (TPSA) is 28.2 Å². The molecule has 3 heteroatoms. The molecule has 0 bridgehead atoms. The second-order valence-electron chi connectivity index (χ2n) is 6.29. The molecule has 1 aromatic heterocycles. The van der Waals surface area contributed by atoms with E-state index in [-0.39, 0.29) is 0 Å². The van der Waals surface area contributed by atoms with Gasteiger partial charge < -0.3 is 10.2 Å². The summed E-state index contributed by atoms with van der Waals surface area (Å²) < 4.78 is 0. The van der Waals surface area contributed by atoms with E-state index in [1.807, 2.05) is 6.20 Å². The zero-order valence-electron chi connectivity index (χ0n) is 14.0. The zero-order chi connectivity index (χ0) is 15.5. The van der Waals surface area contributed by atoms with Gasteiger partial charge in [-0.1, -0.05) is 31.0 Å². The van der Waals surface area contributed by atoms with E-state index in [1.54, 1.807) is 0 Å². The van der Waals surface area contributed by atoms with Crippen molar-refractivity contribution in [2.75, 3.05) is 23.3 Å². The Labute approximate surface area is 133 Å². The van der Waals surface area contributed by atoms with E-state index in [1.165, 1.54) is 47.7 Å². The average molecular weight is 297 g/mol. The van der Waals surface area contributed by atoms with Gasteiger partial charge in [-0.2, -0.15) is 0 Å². The third kappa shape index (κ3) is 2.77. The summed E-state index contributed by atoms with van der Waals surface area (Å²) in [5.74, 6) is 1.11. The van der Waals surface area contributed by atoms with Crippen molar-refractivity contribution in [3.05, 3.63) is 30.0 Å². The van der Waals surface area contributed by atoms with Crippen LogP contribution >= 0.6 is 0 Å². The van der Waals surface area contributed by atoms with Crippen LogP contribution in [0.1, 0.15) is 45.1 Å². The Morgan fingerprint density at radius 2 is 1.91 bits per heavy atom. The summed E-state index contributed by atoms with van der Waals surface area (Å²) in [4.78, 5) is 7.13. The molecule has 0 amide bonds. The fourth-order valence-electron chi connectivity index (χ4n) is 3.65. The number of fused-ring (bicyclic) bond motifs is 1.